The highest BCUT2D eigenvalue weighted by atomic mass is 35.5. The highest BCUT2D eigenvalue weighted by Gasteiger charge is 2.25. The van der Waals surface area contributed by atoms with E-state index in [-0.39, 0.29) is 5.91 Å². The Hall–Kier alpha value is -2.59. The molecule has 4 nitrogen and oxygen atoms in total. The molecule has 0 radical (unpaired) electrons. The third kappa shape index (κ3) is 3.25. The Kier molecular flexibility index (Phi) is 4.76. The molecule has 1 aromatic heterocycles. The van der Waals surface area contributed by atoms with Crippen LogP contribution >= 0.6 is 11.6 Å². The Labute approximate surface area is 158 Å². The summed E-state index contributed by atoms with van der Waals surface area (Å²) in [6.07, 6.45) is 5.02. The van der Waals surface area contributed by atoms with Crippen LogP contribution in [0.2, 0.25) is 5.02 Å². The third-order valence-corrected chi connectivity index (χ3v) is 5.01. The lowest BCUT2D eigenvalue weighted by molar-refractivity contribution is 0.0725. The van der Waals surface area contributed by atoms with Crippen LogP contribution in [0.5, 0.6) is 0 Å². The number of piperidine rings is 1. The Balaban J connectivity index is 1.82. The molecule has 0 bridgehead atoms. The summed E-state index contributed by atoms with van der Waals surface area (Å²) >= 11 is 6.02. The smallest absolute Gasteiger partial charge is 0.257 e. The Morgan fingerprint density at radius 3 is 2.31 bits per heavy atom. The van der Waals surface area contributed by atoms with Gasteiger partial charge in [-0.25, -0.2) is 4.68 Å². The quantitative estimate of drug-likeness (QED) is 0.667. The van der Waals surface area contributed by atoms with E-state index < -0.39 is 0 Å². The summed E-state index contributed by atoms with van der Waals surface area (Å²) in [6, 6.07) is 17.4. The van der Waals surface area contributed by atoms with Gasteiger partial charge in [0.15, 0.2) is 0 Å². The van der Waals surface area contributed by atoms with Crippen molar-refractivity contribution in [3.8, 4) is 16.9 Å². The number of carbonyl (C=O) groups is 1. The fourth-order valence-corrected chi connectivity index (χ4v) is 3.55. The number of rotatable bonds is 3. The predicted octanol–water partition coefficient (Wildman–Crippen LogP) is 4.82. The molecule has 2 heterocycles. The third-order valence-electron chi connectivity index (χ3n) is 4.76. The second-order valence-electron chi connectivity index (χ2n) is 6.51. The normalized spacial score (nSPS) is 14.4. The van der Waals surface area contributed by atoms with Gasteiger partial charge in [-0.1, -0.05) is 41.9 Å². The van der Waals surface area contributed by atoms with E-state index in [0.29, 0.717) is 10.6 Å². The molecule has 132 valence electrons. The monoisotopic (exact) mass is 365 g/mol. The molecule has 0 spiro atoms. The van der Waals surface area contributed by atoms with Crippen molar-refractivity contribution < 1.29 is 4.79 Å². The second-order valence-corrected chi connectivity index (χ2v) is 6.95. The van der Waals surface area contributed by atoms with Crippen LogP contribution in [0, 0.1) is 0 Å². The van der Waals surface area contributed by atoms with Crippen molar-refractivity contribution in [3.63, 3.8) is 0 Å². The van der Waals surface area contributed by atoms with Gasteiger partial charge in [-0.05, 0) is 43.5 Å². The molecule has 1 saturated heterocycles. The molecule has 0 N–H and O–H groups in total. The van der Waals surface area contributed by atoms with Crippen molar-refractivity contribution >= 4 is 17.5 Å². The number of hydrogen-bond donors (Lipinski definition) is 0. The largest absolute Gasteiger partial charge is 0.339 e. The maximum Gasteiger partial charge on any atom is 0.257 e. The summed E-state index contributed by atoms with van der Waals surface area (Å²) in [5.41, 5.74) is 3.32. The average Bonchev–Trinajstić information content (AvgIpc) is 3.14. The van der Waals surface area contributed by atoms with Crippen molar-refractivity contribution in [2.24, 2.45) is 0 Å². The Morgan fingerprint density at radius 2 is 1.62 bits per heavy atom. The zero-order chi connectivity index (χ0) is 17.9. The SMILES string of the molecule is O=C(c1cnn(-c2ccc(Cl)cc2)c1-c1ccccc1)N1CCCCC1. The summed E-state index contributed by atoms with van der Waals surface area (Å²) in [7, 11) is 0. The first kappa shape index (κ1) is 16.9. The Bertz CT molecular complexity index is 897. The first-order valence-electron chi connectivity index (χ1n) is 8.93. The number of aromatic nitrogens is 2. The minimum Gasteiger partial charge on any atom is -0.339 e. The van der Waals surface area contributed by atoms with Crippen molar-refractivity contribution in [1.82, 2.24) is 14.7 Å². The van der Waals surface area contributed by atoms with Gasteiger partial charge in [0.25, 0.3) is 5.91 Å². The van der Waals surface area contributed by atoms with Crippen LogP contribution in [0.15, 0.2) is 60.8 Å². The summed E-state index contributed by atoms with van der Waals surface area (Å²) in [4.78, 5) is 15.1. The molecule has 4 rings (SSSR count). The van der Waals surface area contributed by atoms with Gasteiger partial charge < -0.3 is 4.90 Å². The second kappa shape index (κ2) is 7.34. The molecule has 2 aromatic carbocycles. The molecular weight excluding hydrogens is 346 g/mol. The number of nitrogens with zero attached hydrogens (tertiary/aromatic N) is 3. The van der Waals surface area contributed by atoms with Crippen LogP contribution in [0.1, 0.15) is 29.6 Å². The van der Waals surface area contributed by atoms with Gasteiger partial charge in [0.2, 0.25) is 0 Å². The van der Waals surface area contributed by atoms with Crippen molar-refractivity contribution in [3.05, 3.63) is 71.4 Å². The van der Waals surface area contributed by atoms with Crippen LogP contribution in [0.25, 0.3) is 16.9 Å². The highest BCUT2D eigenvalue weighted by molar-refractivity contribution is 6.30. The highest BCUT2D eigenvalue weighted by Crippen LogP contribution is 2.28. The lowest BCUT2D eigenvalue weighted by Gasteiger charge is -2.26. The molecule has 3 aromatic rings. The van der Waals surface area contributed by atoms with E-state index in [1.54, 1.807) is 6.20 Å². The van der Waals surface area contributed by atoms with Gasteiger partial charge >= 0.3 is 0 Å². The lowest BCUT2D eigenvalue weighted by Crippen LogP contribution is -2.35. The topological polar surface area (TPSA) is 38.1 Å². The standard InChI is InChI=1S/C21H20ClN3O/c22-17-9-11-18(12-10-17)25-20(16-7-3-1-4-8-16)19(15-23-25)21(26)24-13-5-2-6-14-24/h1,3-4,7-12,15H,2,5-6,13-14H2. The van der Waals surface area contributed by atoms with Gasteiger partial charge in [-0.2, -0.15) is 5.10 Å². The van der Waals surface area contributed by atoms with Crippen LogP contribution in [0.3, 0.4) is 0 Å². The minimum absolute atomic E-state index is 0.0590. The number of benzene rings is 2. The fraction of sp³-hybridized carbons (Fsp3) is 0.238. The van der Waals surface area contributed by atoms with Gasteiger partial charge in [0.05, 0.1) is 23.1 Å². The van der Waals surface area contributed by atoms with Crippen LogP contribution in [-0.2, 0) is 0 Å². The van der Waals surface area contributed by atoms with Gasteiger partial charge in [0.1, 0.15) is 0 Å². The van der Waals surface area contributed by atoms with Crippen molar-refractivity contribution in [1.29, 1.82) is 0 Å². The van der Waals surface area contributed by atoms with E-state index in [1.807, 2.05) is 64.2 Å². The summed E-state index contributed by atoms with van der Waals surface area (Å²) < 4.78 is 1.82. The van der Waals surface area contributed by atoms with Gasteiger partial charge in [-0.15, -0.1) is 0 Å². The molecule has 1 fully saturated rings. The molecule has 0 unspecified atom stereocenters. The zero-order valence-electron chi connectivity index (χ0n) is 14.4. The van der Waals surface area contributed by atoms with Crippen LogP contribution < -0.4 is 0 Å². The number of carbonyl (C=O) groups excluding carboxylic acids is 1. The van der Waals surface area contributed by atoms with E-state index in [4.69, 9.17) is 11.6 Å². The average molecular weight is 366 g/mol. The summed E-state index contributed by atoms with van der Waals surface area (Å²) in [5, 5.41) is 5.21. The number of halogens is 1. The van der Waals surface area contributed by atoms with Gasteiger partial charge in [-0.3, -0.25) is 4.79 Å². The lowest BCUT2D eigenvalue weighted by atomic mass is 10.0. The molecule has 1 aliphatic heterocycles. The molecule has 1 aliphatic rings. The van der Waals surface area contributed by atoms with Gasteiger partial charge in [0, 0.05) is 23.7 Å². The van der Waals surface area contributed by atoms with Crippen LogP contribution in [-0.4, -0.2) is 33.7 Å². The van der Waals surface area contributed by atoms with Crippen molar-refractivity contribution in [2.75, 3.05) is 13.1 Å². The molecule has 1 amide bonds. The number of amides is 1. The fourth-order valence-electron chi connectivity index (χ4n) is 3.42. The predicted molar refractivity (Wildman–Crippen MR) is 104 cm³/mol. The summed E-state index contributed by atoms with van der Waals surface area (Å²) in [5.74, 6) is 0.0590. The van der Waals surface area contributed by atoms with E-state index in [9.17, 15) is 4.79 Å². The maximum atomic E-state index is 13.1. The van der Waals surface area contributed by atoms with E-state index in [1.165, 1.54) is 6.42 Å². The molecule has 0 aliphatic carbocycles. The van der Waals surface area contributed by atoms with Crippen molar-refractivity contribution in [2.45, 2.75) is 19.3 Å². The molecular formula is C21H20ClN3O. The zero-order valence-corrected chi connectivity index (χ0v) is 15.2. The summed E-state index contributed by atoms with van der Waals surface area (Å²) in [6.45, 7) is 1.64. The molecule has 0 saturated carbocycles. The molecule has 26 heavy (non-hydrogen) atoms. The molecule has 5 heteroatoms. The maximum absolute atomic E-state index is 13.1. The van der Waals surface area contributed by atoms with E-state index in [2.05, 4.69) is 5.10 Å². The first-order chi connectivity index (χ1) is 12.7. The number of likely N-dealkylation sites (tertiary alicyclic amines) is 1. The number of hydrogen-bond acceptors (Lipinski definition) is 2. The van der Waals surface area contributed by atoms with E-state index in [0.717, 1.165) is 42.9 Å². The van der Waals surface area contributed by atoms with E-state index >= 15 is 0 Å². The minimum atomic E-state index is 0.0590. The molecule has 0 atom stereocenters. The Morgan fingerprint density at radius 1 is 0.923 bits per heavy atom. The first-order valence-corrected chi connectivity index (χ1v) is 9.30. The van der Waals surface area contributed by atoms with Crippen LogP contribution in [0.4, 0.5) is 0 Å².